The van der Waals surface area contributed by atoms with E-state index in [9.17, 15) is 14.3 Å². The zero-order valence-corrected chi connectivity index (χ0v) is 25.7. The van der Waals surface area contributed by atoms with Crippen LogP contribution in [0.2, 0.25) is 0 Å². The smallest absolute Gasteiger partial charge is 0.209 e. The summed E-state index contributed by atoms with van der Waals surface area (Å²) in [6.07, 6.45) is 1.82. The van der Waals surface area contributed by atoms with Crippen molar-refractivity contribution >= 4 is 22.3 Å². The molecule has 1 heterocycles. The molecule has 40 heavy (non-hydrogen) atoms. The van der Waals surface area contributed by atoms with Crippen LogP contribution in [0.1, 0.15) is 49.3 Å². The van der Waals surface area contributed by atoms with E-state index in [4.69, 9.17) is 19.3 Å². The third-order valence-corrected chi connectivity index (χ3v) is 7.34. The highest BCUT2D eigenvalue weighted by molar-refractivity contribution is 9.10. The molecule has 0 spiro atoms. The van der Waals surface area contributed by atoms with Crippen molar-refractivity contribution in [3.8, 4) is 17.2 Å². The fourth-order valence-electron chi connectivity index (χ4n) is 5.32. The third-order valence-electron chi connectivity index (χ3n) is 6.81. The number of carbonyl (C=O) groups excluding carboxylic acids is 1. The zero-order chi connectivity index (χ0) is 30.1. The van der Waals surface area contributed by atoms with Gasteiger partial charge in [-0.15, -0.1) is 0 Å². The standard InChI is InChI=1S/C25H22BrFO4.C3H7NO.C2H6.CH4O/c1-29-19-13-21(30-2)23-22(14-19)31-25(16-6-8-17(26)9-7-16)20(10-11-24(23,25)28)15-4-3-5-18(27)12-15;1-4(2)3-5;2*1-2/h3-9,12-14,20,28H,10-11H2,1-2H3;3H,1-2H3;1-2H3;2H,1H3/t20-,24+,25-;;;/m0.../s1. The SMILES string of the molecule is CC.CN(C)C=O.CO.COc1cc(OC)c2c(c1)O[C@@]1(c3ccc(Br)cc3)[C@H](c3cccc(F)c3)CC[C@@]21O. The van der Waals surface area contributed by atoms with Crippen molar-refractivity contribution in [2.24, 2.45) is 0 Å². The Hall–Kier alpha value is -3.14. The molecule has 1 amide bonds. The number of benzene rings is 3. The fourth-order valence-corrected chi connectivity index (χ4v) is 5.59. The predicted octanol–water partition coefficient (Wildman–Crippen LogP) is 6.00. The largest absolute Gasteiger partial charge is 0.496 e. The van der Waals surface area contributed by atoms with Crippen LogP contribution in [0.3, 0.4) is 0 Å². The van der Waals surface area contributed by atoms with Crippen LogP contribution in [0, 0.1) is 5.82 Å². The van der Waals surface area contributed by atoms with Gasteiger partial charge in [-0.2, -0.15) is 0 Å². The van der Waals surface area contributed by atoms with Crippen LogP contribution in [0.5, 0.6) is 17.2 Å². The summed E-state index contributed by atoms with van der Waals surface area (Å²) in [6, 6.07) is 17.8. The molecule has 7 nitrogen and oxygen atoms in total. The Morgan fingerprint density at radius 1 is 1.05 bits per heavy atom. The molecule has 0 bridgehead atoms. The van der Waals surface area contributed by atoms with Gasteiger partial charge in [0.15, 0.2) is 5.60 Å². The van der Waals surface area contributed by atoms with E-state index in [1.54, 1.807) is 46.5 Å². The van der Waals surface area contributed by atoms with Gasteiger partial charge in [-0.3, -0.25) is 4.79 Å². The van der Waals surface area contributed by atoms with E-state index in [-0.39, 0.29) is 11.7 Å². The first kappa shape index (κ1) is 33.1. The number of aliphatic hydroxyl groups is 2. The lowest BCUT2D eigenvalue weighted by molar-refractivity contribution is -0.115. The molecule has 5 rings (SSSR count). The molecule has 218 valence electrons. The topological polar surface area (TPSA) is 88.5 Å². The Morgan fingerprint density at radius 3 is 2.20 bits per heavy atom. The number of rotatable bonds is 5. The van der Waals surface area contributed by atoms with E-state index in [1.165, 1.54) is 17.0 Å². The van der Waals surface area contributed by atoms with Gasteiger partial charge in [0.2, 0.25) is 6.41 Å². The summed E-state index contributed by atoms with van der Waals surface area (Å²) < 4.78 is 32.9. The molecule has 1 aliphatic carbocycles. The van der Waals surface area contributed by atoms with Crippen molar-refractivity contribution in [2.45, 2.75) is 43.8 Å². The van der Waals surface area contributed by atoms with Gasteiger partial charge in [0.1, 0.15) is 28.7 Å². The molecular formula is C31H39BrFNO6. The number of ether oxygens (including phenoxy) is 3. The lowest BCUT2D eigenvalue weighted by Crippen LogP contribution is -2.48. The molecule has 0 aromatic heterocycles. The molecular weight excluding hydrogens is 581 g/mol. The van der Waals surface area contributed by atoms with Crippen molar-refractivity contribution in [2.75, 3.05) is 35.4 Å². The number of hydrogen-bond donors (Lipinski definition) is 2. The van der Waals surface area contributed by atoms with Gasteiger partial charge in [0, 0.05) is 43.7 Å². The van der Waals surface area contributed by atoms with E-state index in [1.807, 2.05) is 44.2 Å². The molecule has 3 aromatic rings. The average Bonchev–Trinajstić information content (AvgIpc) is 3.41. The van der Waals surface area contributed by atoms with Crippen LogP contribution < -0.4 is 14.2 Å². The summed E-state index contributed by atoms with van der Waals surface area (Å²) in [6.45, 7) is 4.00. The molecule has 2 aliphatic rings. The van der Waals surface area contributed by atoms with Crippen LogP contribution in [-0.2, 0) is 16.0 Å². The molecule has 0 unspecified atom stereocenters. The summed E-state index contributed by atoms with van der Waals surface area (Å²) in [5.74, 6) is 1.03. The van der Waals surface area contributed by atoms with Gasteiger partial charge >= 0.3 is 0 Å². The maximum atomic E-state index is 14.2. The maximum Gasteiger partial charge on any atom is 0.209 e. The highest BCUT2D eigenvalue weighted by Crippen LogP contribution is 2.68. The number of methoxy groups -OCH3 is 2. The quantitative estimate of drug-likeness (QED) is 0.341. The summed E-state index contributed by atoms with van der Waals surface area (Å²) in [4.78, 5) is 10.9. The van der Waals surface area contributed by atoms with Gasteiger partial charge < -0.3 is 29.3 Å². The van der Waals surface area contributed by atoms with Crippen LogP contribution in [0.15, 0.2) is 65.1 Å². The minimum Gasteiger partial charge on any atom is -0.496 e. The van der Waals surface area contributed by atoms with E-state index in [2.05, 4.69) is 15.9 Å². The normalized spacial score (nSPS) is 21.4. The molecule has 9 heteroatoms. The first-order valence-corrected chi connectivity index (χ1v) is 13.7. The molecule has 3 aromatic carbocycles. The molecule has 0 saturated heterocycles. The highest BCUT2D eigenvalue weighted by Gasteiger charge is 2.69. The number of nitrogens with zero attached hydrogens (tertiary/aromatic N) is 1. The number of aliphatic hydroxyl groups excluding tert-OH is 1. The van der Waals surface area contributed by atoms with Crippen molar-refractivity contribution in [3.63, 3.8) is 0 Å². The Morgan fingerprint density at radius 2 is 1.68 bits per heavy atom. The van der Waals surface area contributed by atoms with Crippen molar-refractivity contribution in [1.82, 2.24) is 4.90 Å². The second-order valence-electron chi connectivity index (χ2n) is 9.12. The number of hydrogen-bond acceptors (Lipinski definition) is 6. The molecule has 1 fully saturated rings. The van der Waals surface area contributed by atoms with Gasteiger partial charge in [-0.1, -0.05) is 54.0 Å². The Balaban J connectivity index is 0.000000554. The lowest BCUT2D eigenvalue weighted by atomic mass is 9.71. The number of carbonyl (C=O) groups is 1. The highest BCUT2D eigenvalue weighted by atomic mass is 79.9. The van der Waals surface area contributed by atoms with Gasteiger partial charge in [-0.05, 0) is 48.2 Å². The Labute approximate surface area is 244 Å². The predicted molar refractivity (Wildman–Crippen MR) is 158 cm³/mol. The first-order valence-electron chi connectivity index (χ1n) is 13.0. The summed E-state index contributed by atoms with van der Waals surface area (Å²) in [7, 11) is 7.52. The zero-order valence-electron chi connectivity index (χ0n) is 24.1. The van der Waals surface area contributed by atoms with E-state index >= 15 is 0 Å². The van der Waals surface area contributed by atoms with E-state index < -0.39 is 11.2 Å². The number of halogens is 2. The summed E-state index contributed by atoms with van der Waals surface area (Å²) >= 11 is 3.49. The van der Waals surface area contributed by atoms with Crippen molar-refractivity contribution < 1.29 is 33.6 Å². The van der Waals surface area contributed by atoms with Crippen LogP contribution in [-0.4, -0.2) is 56.9 Å². The molecule has 2 N–H and O–H groups in total. The number of amides is 1. The summed E-state index contributed by atoms with van der Waals surface area (Å²) in [5, 5.41) is 19.3. The molecule has 3 atom stereocenters. The van der Waals surface area contributed by atoms with Gasteiger partial charge in [0.05, 0.1) is 19.8 Å². The molecule has 1 saturated carbocycles. The maximum absolute atomic E-state index is 14.2. The van der Waals surface area contributed by atoms with E-state index in [0.717, 1.165) is 29.1 Å². The minimum atomic E-state index is -1.36. The minimum absolute atomic E-state index is 0.266. The Bertz CT molecular complexity index is 1260. The molecule has 0 radical (unpaired) electrons. The second kappa shape index (κ2) is 14.5. The average molecular weight is 621 g/mol. The van der Waals surface area contributed by atoms with Crippen molar-refractivity contribution in [3.05, 3.63) is 87.6 Å². The second-order valence-corrected chi connectivity index (χ2v) is 10.0. The van der Waals surface area contributed by atoms with Crippen molar-refractivity contribution in [1.29, 1.82) is 0 Å². The van der Waals surface area contributed by atoms with Crippen LogP contribution in [0.4, 0.5) is 4.39 Å². The Kier molecular flexibility index (Phi) is 12.0. The lowest BCUT2D eigenvalue weighted by Gasteiger charge is -2.40. The third kappa shape index (κ3) is 6.11. The van der Waals surface area contributed by atoms with Gasteiger partial charge in [-0.25, -0.2) is 4.39 Å². The first-order chi connectivity index (χ1) is 19.2. The van der Waals surface area contributed by atoms with E-state index in [0.29, 0.717) is 35.7 Å². The number of fused-ring (bicyclic) bond motifs is 3. The van der Waals surface area contributed by atoms with Crippen LogP contribution in [0.25, 0.3) is 0 Å². The van der Waals surface area contributed by atoms with Gasteiger partial charge in [0.25, 0.3) is 0 Å². The monoisotopic (exact) mass is 619 g/mol. The summed E-state index contributed by atoms with van der Waals surface area (Å²) in [5.41, 5.74) is -0.272. The molecule has 1 aliphatic heterocycles. The fraction of sp³-hybridized carbons (Fsp3) is 0.387. The van der Waals surface area contributed by atoms with Crippen LogP contribution >= 0.6 is 15.9 Å².